The Bertz CT molecular complexity index is 923. The highest BCUT2D eigenvalue weighted by atomic mass is 32.2. The van der Waals surface area contributed by atoms with Gasteiger partial charge in [0.25, 0.3) is 0 Å². The molecule has 3 rings (SSSR count). The lowest BCUT2D eigenvalue weighted by Gasteiger charge is -2.28. The van der Waals surface area contributed by atoms with Crippen LogP contribution in [-0.4, -0.2) is 38.0 Å². The number of carbonyl (C=O) groups is 1. The van der Waals surface area contributed by atoms with Crippen molar-refractivity contribution in [1.29, 1.82) is 0 Å². The predicted molar refractivity (Wildman–Crippen MR) is 105 cm³/mol. The second kappa shape index (κ2) is 8.10. The molecule has 0 atom stereocenters. The molecule has 1 aliphatic rings. The van der Waals surface area contributed by atoms with Crippen molar-refractivity contribution in [2.75, 3.05) is 24.7 Å². The number of fused-ring (bicyclic) bond motifs is 1. The molecule has 0 saturated heterocycles. The summed E-state index contributed by atoms with van der Waals surface area (Å²) in [5.41, 5.74) is 3.65. The van der Waals surface area contributed by atoms with Gasteiger partial charge in [0, 0.05) is 18.8 Å². The lowest BCUT2D eigenvalue weighted by atomic mass is 10.0. The van der Waals surface area contributed by atoms with E-state index in [1.807, 2.05) is 42.5 Å². The maximum Gasteiger partial charge on any atom is 0.228 e. The van der Waals surface area contributed by atoms with Crippen LogP contribution in [0.2, 0.25) is 0 Å². The minimum absolute atomic E-state index is 0.0978. The van der Waals surface area contributed by atoms with Crippen molar-refractivity contribution in [3.63, 3.8) is 0 Å². The third-order valence-corrected chi connectivity index (χ3v) is 6.58. The van der Waals surface area contributed by atoms with Crippen LogP contribution in [0.25, 0.3) is 0 Å². The van der Waals surface area contributed by atoms with Crippen molar-refractivity contribution in [2.45, 2.75) is 26.3 Å². The maximum absolute atomic E-state index is 12.3. The molecule has 144 valence electrons. The molecule has 27 heavy (non-hydrogen) atoms. The van der Waals surface area contributed by atoms with Gasteiger partial charge in [-0.25, -0.2) is 8.42 Å². The average Bonchev–Trinajstić information content (AvgIpc) is 2.68. The van der Waals surface area contributed by atoms with Gasteiger partial charge in [0.05, 0.1) is 19.3 Å². The van der Waals surface area contributed by atoms with Gasteiger partial charge in [0.15, 0.2) is 0 Å². The number of carbonyl (C=O) groups excluding carboxylic acids is 1. The molecule has 1 amide bonds. The first-order valence-electron chi connectivity index (χ1n) is 8.93. The van der Waals surface area contributed by atoms with E-state index in [9.17, 15) is 13.2 Å². The lowest BCUT2D eigenvalue weighted by Crippen LogP contribution is -2.36. The van der Waals surface area contributed by atoms with Crippen LogP contribution in [0.5, 0.6) is 5.75 Å². The summed E-state index contributed by atoms with van der Waals surface area (Å²) in [6.45, 7) is 2.51. The second-order valence-electron chi connectivity index (χ2n) is 6.54. The minimum atomic E-state index is -3.21. The van der Waals surface area contributed by atoms with E-state index in [-0.39, 0.29) is 18.1 Å². The molecular formula is C20H24N2O4S. The highest BCUT2D eigenvalue weighted by molar-refractivity contribution is 7.89. The number of benzene rings is 2. The van der Waals surface area contributed by atoms with Crippen molar-refractivity contribution in [3.8, 4) is 5.75 Å². The summed E-state index contributed by atoms with van der Waals surface area (Å²) in [7, 11) is -1.61. The van der Waals surface area contributed by atoms with Crippen LogP contribution in [0.15, 0.2) is 42.5 Å². The third kappa shape index (κ3) is 4.67. The molecule has 0 aliphatic carbocycles. The van der Waals surface area contributed by atoms with Crippen molar-refractivity contribution < 1.29 is 17.9 Å². The minimum Gasteiger partial charge on any atom is -0.497 e. The Morgan fingerprint density at radius 3 is 2.56 bits per heavy atom. The van der Waals surface area contributed by atoms with Crippen LogP contribution in [0.1, 0.15) is 23.6 Å². The lowest BCUT2D eigenvalue weighted by molar-refractivity contribution is -0.115. The molecule has 6 nitrogen and oxygen atoms in total. The summed E-state index contributed by atoms with van der Waals surface area (Å²) in [5.74, 6) is 0.732. The summed E-state index contributed by atoms with van der Waals surface area (Å²) < 4.78 is 30.9. The SMILES string of the molecule is CCS(=O)(=O)N1CCc2ccc(NC(=O)Cc3ccc(OC)cc3)cc2C1. The van der Waals surface area contributed by atoms with Crippen LogP contribution < -0.4 is 10.1 Å². The first-order valence-corrected chi connectivity index (χ1v) is 10.5. The predicted octanol–water partition coefficient (Wildman–Crippen LogP) is 2.58. The Morgan fingerprint density at radius 1 is 1.15 bits per heavy atom. The fourth-order valence-corrected chi connectivity index (χ4v) is 4.23. The van der Waals surface area contributed by atoms with Crippen molar-refractivity contribution >= 4 is 21.6 Å². The first kappa shape index (κ1) is 19.4. The Kier molecular flexibility index (Phi) is 5.82. The van der Waals surface area contributed by atoms with E-state index in [2.05, 4.69) is 5.32 Å². The summed E-state index contributed by atoms with van der Waals surface area (Å²) in [6, 6.07) is 13.1. The molecule has 7 heteroatoms. The van der Waals surface area contributed by atoms with E-state index in [1.54, 1.807) is 14.0 Å². The molecule has 0 bridgehead atoms. The zero-order valence-corrected chi connectivity index (χ0v) is 16.4. The van der Waals surface area contributed by atoms with E-state index in [1.165, 1.54) is 4.31 Å². The molecule has 1 heterocycles. The second-order valence-corrected chi connectivity index (χ2v) is 8.80. The largest absolute Gasteiger partial charge is 0.497 e. The summed E-state index contributed by atoms with van der Waals surface area (Å²) in [6.07, 6.45) is 0.950. The summed E-state index contributed by atoms with van der Waals surface area (Å²) >= 11 is 0. The van der Waals surface area contributed by atoms with Crippen LogP contribution in [0, 0.1) is 0 Å². The van der Waals surface area contributed by atoms with Crippen LogP contribution in [0.3, 0.4) is 0 Å². The van der Waals surface area contributed by atoms with Gasteiger partial charge in [-0.05, 0) is 54.3 Å². The van der Waals surface area contributed by atoms with Crippen molar-refractivity contribution in [3.05, 3.63) is 59.2 Å². The molecule has 0 aromatic heterocycles. The molecule has 1 aliphatic heterocycles. The molecule has 0 radical (unpaired) electrons. The number of nitrogens with one attached hydrogen (secondary N) is 1. The van der Waals surface area contributed by atoms with E-state index in [4.69, 9.17) is 4.74 Å². The molecule has 1 N–H and O–H groups in total. The van der Waals surface area contributed by atoms with Gasteiger partial charge in [0.2, 0.25) is 15.9 Å². The Balaban J connectivity index is 1.67. The molecule has 0 spiro atoms. The third-order valence-electron chi connectivity index (χ3n) is 4.75. The number of sulfonamides is 1. The van der Waals surface area contributed by atoms with E-state index in [0.29, 0.717) is 25.2 Å². The number of rotatable bonds is 6. The number of amides is 1. The van der Waals surface area contributed by atoms with Crippen LogP contribution in [-0.2, 0) is 34.2 Å². The van der Waals surface area contributed by atoms with Crippen molar-refractivity contribution in [1.82, 2.24) is 4.31 Å². The van der Waals surface area contributed by atoms with Gasteiger partial charge in [-0.1, -0.05) is 18.2 Å². The zero-order valence-electron chi connectivity index (χ0n) is 15.6. The van der Waals surface area contributed by atoms with Gasteiger partial charge in [-0.15, -0.1) is 0 Å². The number of hydrogen-bond acceptors (Lipinski definition) is 4. The molecular weight excluding hydrogens is 364 g/mol. The Morgan fingerprint density at radius 2 is 1.89 bits per heavy atom. The van der Waals surface area contributed by atoms with Crippen LogP contribution in [0.4, 0.5) is 5.69 Å². The summed E-state index contributed by atoms with van der Waals surface area (Å²) in [5, 5.41) is 2.90. The van der Waals surface area contributed by atoms with Gasteiger partial charge in [-0.3, -0.25) is 4.79 Å². The standard InChI is InChI=1S/C20H24N2O4S/c1-3-27(24,25)22-11-10-16-6-7-18(13-17(16)14-22)21-20(23)12-15-4-8-19(26-2)9-5-15/h4-9,13H,3,10-12,14H2,1-2H3,(H,21,23). The van der Waals surface area contributed by atoms with E-state index in [0.717, 1.165) is 22.4 Å². The topological polar surface area (TPSA) is 75.7 Å². The first-order chi connectivity index (χ1) is 12.9. The van der Waals surface area contributed by atoms with E-state index >= 15 is 0 Å². The molecule has 2 aromatic rings. The Hall–Kier alpha value is -2.38. The summed E-state index contributed by atoms with van der Waals surface area (Å²) in [4.78, 5) is 12.3. The van der Waals surface area contributed by atoms with Gasteiger partial charge in [0.1, 0.15) is 5.75 Å². The quantitative estimate of drug-likeness (QED) is 0.825. The van der Waals surface area contributed by atoms with Gasteiger partial charge < -0.3 is 10.1 Å². The molecule has 0 unspecified atom stereocenters. The van der Waals surface area contributed by atoms with Gasteiger partial charge in [-0.2, -0.15) is 4.31 Å². The number of nitrogens with zero attached hydrogens (tertiary/aromatic N) is 1. The number of ether oxygens (including phenoxy) is 1. The van der Waals surface area contributed by atoms with Gasteiger partial charge >= 0.3 is 0 Å². The molecule has 2 aromatic carbocycles. The average molecular weight is 388 g/mol. The maximum atomic E-state index is 12.3. The smallest absolute Gasteiger partial charge is 0.228 e. The number of methoxy groups -OCH3 is 1. The number of anilines is 1. The highest BCUT2D eigenvalue weighted by Crippen LogP contribution is 2.24. The number of hydrogen-bond donors (Lipinski definition) is 1. The van der Waals surface area contributed by atoms with E-state index < -0.39 is 10.0 Å². The van der Waals surface area contributed by atoms with Crippen LogP contribution >= 0.6 is 0 Å². The van der Waals surface area contributed by atoms with Crippen molar-refractivity contribution in [2.24, 2.45) is 0 Å². The fraction of sp³-hybridized carbons (Fsp3) is 0.350. The molecule has 0 saturated carbocycles. The zero-order chi connectivity index (χ0) is 19.4. The normalized spacial score (nSPS) is 14.4. The Labute approximate surface area is 160 Å². The molecule has 0 fully saturated rings. The highest BCUT2D eigenvalue weighted by Gasteiger charge is 2.25. The fourth-order valence-electron chi connectivity index (χ4n) is 3.16. The monoisotopic (exact) mass is 388 g/mol.